The van der Waals surface area contributed by atoms with Crippen LogP contribution in [0.3, 0.4) is 0 Å². The molecule has 0 radical (unpaired) electrons. The second-order valence-electron chi connectivity index (χ2n) is 4.42. The van der Waals surface area contributed by atoms with Crippen LogP contribution in [0.2, 0.25) is 0 Å². The van der Waals surface area contributed by atoms with Crippen LogP contribution >= 0.6 is 24.0 Å². The van der Waals surface area contributed by atoms with Gasteiger partial charge in [0.25, 0.3) is 0 Å². The summed E-state index contributed by atoms with van der Waals surface area (Å²) >= 11 is 5.29. The lowest BCUT2D eigenvalue weighted by molar-refractivity contribution is -0.134. The molecular formula is C14H17Cl2NO5. The van der Waals surface area contributed by atoms with Crippen molar-refractivity contribution in [2.75, 3.05) is 0 Å². The number of esters is 2. The topological polar surface area (TPSA) is 95.7 Å². The van der Waals surface area contributed by atoms with Gasteiger partial charge in [-0.2, -0.15) is 0 Å². The summed E-state index contributed by atoms with van der Waals surface area (Å²) < 4.78 is 9.95. The minimum Gasteiger partial charge on any atom is -0.423 e. The monoisotopic (exact) mass is 349 g/mol. The molecule has 0 unspecified atom stereocenters. The standard InChI is InChI=1S/C14H16ClNO5.ClH/c1-8(17)20-12-6-4-10(3-5-11(16)14(15)19)7-13(12)21-9(2)18;/h4,6-7,11H,3,5,16H2,1-2H3;1H/t11-;/m0./s1. The van der Waals surface area contributed by atoms with Crippen molar-refractivity contribution >= 4 is 41.2 Å². The molecule has 0 aliphatic carbocycles. The summed E-state index contributed by atoms with van der Waals surface area (Å²) in [5.74, 6) is -0.765. The van der Waals surface area contributed by atoms with Crippen molar-refractivity contribution in [1.82, 2.24) is 0 Å². The smallest absolute Gasteiger partial charge is 0.308 e. The number of rotatable bonds is 6. The van der Waals surface area contributed by atoms with Gasteiger partial charge in [0.2, 0.25) is 5.24 Å². The second kappa shape index (κ2) is 9.40. The molecule has 1 aromatic carbocycles. The minimum absolute atomic E-state index is 0. The summed E-state index contributed by atoms with van der Waals surface area (Å²) in [7, 11) is 0. The summed E-state index contributed by atoms with van der Waals surface area (Å²) in [6.07, 6.45) is 0.822. The third kappa shape index (κ3) is 6.89. The van der Waals surface area contributed by atoms with Crippen LogP contribution in [0, 0.1) is 0 Å². The maximum absolute atomic E-state index is 11.1. The van der Waals surface area contributed by atoms with Crippen LogP contribution in [-0.2, 0) is 20.8 Å². The largest absolute Gasteiger partial charge is 0.423 e. The van der Waals surface area contributed by atoms with Crippen molar-refractivity contribution < 1.29 is 23.9 Å². The maximum atomic E-state index is 11.1. The minimum atomic E-state index is -0.753. The number of halogens is 2. The Morgan fingerprint density at radius 2 is 1.68 bits per heavy atom. The van der Waals surface area contributed by atoms with E-state index in [2.05, 4.69) is 0 Å². The lowest BCUT2D eigenvalue weighted by atomic mass is 10.1. The molecule has 0 aromatic heterocycles. The highest BCUT2D eigenvalue weighted by Gasteiger charge is 2.14. The van der Waals surface area contributed by atoms with Gasteiger partial charge in [0.15, 0.2) is 11.5 Å². The average molecular weight is 350 g/mol. The molecule has 0 saturated heterocycles. The van der Waals surface area contributed by atoms with Crippen LogP contribution in [0.1, 0.15) is 25.8 Å². The Balaban J connectivity index is 0.00000441. The van der Waals surface area contributed by atoms with Gasteiger partial charge in [-0.25, -0.2) is 0 Å². The number of ether oxygens (including phenoxy) is 2. The van der Waals surface area contributed by atoms with Crippen LogP contribution in [0.4, 0.5) is 0 Å². The molecule has 1 rings (SSSR count). The van der Waals surface area contributed by atoms with Crippen LogP contribution < -0.4 is 15.2 Å². The predicted octanol–water partition coefficient (Wildman–Crippen LogP) is 1.98. The summed E-state index contributed by atoms with van der Waals surface area (Å²) in [5, 5.41) is -0.605. The summed E-state index contributed by atoms with van der Waals surface area (Å²) in [5.41, 5.74) is 6.32. The average Bonchev–Trinajstić information content (AvgIpc) is 2.37. The van der Waals surface area contributed by atoms with Gasteiger partial charge in [0.1, 0.15) is 0 Å². The fraction of sp³-hybridized carbons (Fsp3) is 0.357. The lowest BCUT2D eigenvalue weighted by Crippen LogP contribution is -2.27. The number of nitrogens with two attached hydrogens (primary N) is 1. The number of hydrogen-bond acceptors (Lipinski definition) is 6. The molecule has 122 valence electrons. The predicted molar refractivity (Wildman–Crippen MR) is 83.5 cm³/mol. The van der Waals surface area contributed by atoms with Crippen LogP contribution in [-0.4, -0.2) is 23.2 Å². The normalized spacial score (nSPS) is 11.1. The molecule has 0 aliphatic heterocycles. The van der Waals surface area contributed by atoms with E-state index in [-0.39, 0.29) is 23.9 Å². The Labute approximate surface area is 139 Å². The van der Waals surface area contributed by atoms with Crippen molar-refractivity contribution in [3.05, 3.63) is 23.8 Å². The molecule has 0 heterocycles. The van der Waals surface area contributed by atoms with Crippen molar-refractivity contribution in [2.45, 2.75) is 32.7 Å². The first kappa shape index (κ1) is 20.4. The Morgan fingerprint density at radius 1 is 1.14 bits per heavy atom. The fourth-order valence-electron chi connectivity index (χ4n) is 1.62. The zero-order valence-electron chi connectivity index (χ0n) is 12.1. The van der Waals surface area contributed by atoms with E-state index in [0.717, 1.165) is 5.56 Å². The molecule has 1 atom stereocenters. The van der Waals surface area contributed by atoms with E-state index in [1.54, 1.807) is 12.1 Å². The molecule has 6 nitrogen and oxygen atoms in total. The van der Waals surface area contributed by atoms with Gasteiger partial charge in [0.05, 0.1) is 6.04 Å². The lowest BCUT2D eigenvalue weighted by Gasteiger charge is -2.11. The molecule has 0 amide bonds. The highest BCUT2D eigenvalue weighted by molar-refractivity contribution is 6.64. The van der Waals surface area contributed by atoms with Crippen molar-refractivity contribution in [3.63, 3.8) is 0 Å². The number of hydrogen-bond donors (Lipinski definition) is 1. The van der Waals surface area contributed by atoms with E-state index in [1.807, 2.05) is 0 Å². The first-order valence-electron chi connectivity index (χ1n) is 6.24. The number of benzene rings is 1. The second-order valence-corrected chi connectivity index (χ2v) is 4.79. The van der Waals surface area contributed by atoms with Gasteiger partial charge in [-0.3, -0.25) is 14.4 Å². The Kier molecular flexibility index (Phi) is 8.70. The quantitative estimate of drug-likeness (QED) is 0.479. The SMILES string of the molecule is CC(=O)Oc1ccc(CC[C@H](N)C(=O)Cl)cc1OC(C)=O.Cl. The molecule has 0 saturated carbocycles. The third-order valence-corrected chi connectivity index (χ3v) is 2.83. The first-order chi connectivity index (χ1) is 9.79. The van der Waals surface area contributed by atoms with Gasteiger partial charge in [-0.1, -0.05) is 6.07 Å². The van der Waals surface area contributed by atoms with Crippen LogP contribution in [0.5, 0.6) is 11.5 Å². The first-order valence-corrected chi connectivity index (χ1v) is 6.62. The molecular weight excluding hydrogens is 333 g/mol. The van der Waals surface area contributed by atoms with Gasteiger partial charge < -0.3 is 15.2 Å². The van der Waals surface area contributed by atoms with Crippen molar-refractivity contribution in [2.24, 2.45) is 5.73 Å². The van der Waals surface area contributed by atoms with Gasteiger partial charge in [-0.05, 0) is 42.1 Å². The third-order valence-electron chi connectivity index (χ3n) is 2.55. The molecule has 1 aromatic rings. The van der Waals surface area contributed by atoms with E-state index in [0.29, 0.717) is 12.8 Å². The van der Waals surface area contributed by atoms with Crippen LogP contribution in [0.15, 0.2) is 18.2 Å². The van der Waals surface area contributed by atoms with E-state index >= 15 is 0 Å². The van der Waals surface area contributed by atoms with Gasteiger partial charge >= 0.3 is 11.9 Å². The maximum Gasteiger partial charge on any atom is 0.308 e. The molecule has 8 heteroatoms. The fourth-order valence-corrected chi connectivity index (χ4v) is 1.73. The van der Waals surface area contributed by atoms with E-state index in [9.17, 15) is 14.4 Å². The summed E-state index contributed by atoms with van der Waals surface area (Å²) in [6.45, 7) is 2.49. The number of carbonyl (C=O) groups excluding carboxylic acids is 3. The Morgan fingerprint density at radius 3 is 2.18 bits per heavy atom. The molecule has 0 aliphatic rings. The zero-order chi connectivity index (χ0) is 16.0. The zero-order valence-corrected chi connectivity index (χ0v) is 13.7. The van der Waals surface area contributed by atoms with E-state index < -0.39 is 23.2 Å². The van der Waals surface area contributed by atoms with Crippen LogP contribution in [0.25, 0.3) is 0 Å². The molecule has 0 bridgehead atoms. The summed E-state index contributed by atoms with van der Waals surface area (Å²) in [6, 6.07) is 4.02. The molecule has 0 fully saturated rings. The van der Waals surface area contributed by atoms with Crippen molar-refractivity contribution in [3.8, 4) is 11.5 Å². The number of aryl methyl sites for hydroxylation is 1. The van der Waals surface area contributed by atoms with Gasteiger partial charge in [-0.15, -0.1) is 12.4 Å². The van der Waals surface area contributed by atoms with E-state index in [4.69, 9.17) is 26.8 Å². The molecule has 22 heavy (non-hydrogen) atoms. The highest BCUT2D eigenvalue weighted by Crippen LogP contribution is 2.29. The number of carbonyl (C=O) groups is 3. The van der Waals surface area contributed by atoms with Gasteiger partial charge in [0, 0.05) is 13.8 Å². The molecule has 0 spiro atoms. The Bertz CT molecular complexity index is 562. The summed E-state index contributed by atoms with van der Waals surface area (Å²) in [4.78, 5) is 32.9. The Hall–Kier alpha value is -1.63. The van der Waals surface area contributed by atoms with Crippen molar-refractivity contribution in [1.29, 1.82) is 0 Å². The molecule has 2 N–H and O–H groups in total. The van der Waals surface area contributed by atoms with E-state index in [1.165, 1.54) is 19.9 Å². The highest BCUT2D eigenvalue weighted by atomic mass is 35.5.